The number of benzene rings is 1. The third kappa shape index (κ3) is 2.09. The van der Waals surface area contributed by atoms with E-state index in [2.05, 4.69) is 4.98 Å². The van der Waals surface area contributed by atoms with Crippen molar-refractivity contribution >= 4 is 22.6 Å². The molecule has 0 atom stereocenters. The number of hydrogen-bond donors (Lipinski definition) is 1. The van der Waals surface area contributed by atoms with Gasteiger partial charge in [-0.2, -0.15) is 13.2 Å². The van der Waals surface area contributed by atoms with E-state index in [1.165, 1.54) is 0 Å². The molecule has 1 aromatic carbocycles. The Morgan fingerprint density at radius 2 is 1.69 bits per heavy atom. The number of hydrogen-bond acceptors (Lipinski definition) is 0. The molecule has 0 bridgehead atoms. The summed E-state index contributed by atoms with van der Waals surface area (Å²) in [6.45, 7) is 0. The monoisotopic (exact) mass is 337 g/mol. The van der Waals surface area contributed by atoms with Crippen LogP contribution in [0.2, 0.25) is 0 Å². The van der Waals surface area contributed by atoms with Crippen molar-refractivity contribution < 1.29 is 13.2 Å². The molecule has 84 valence electrons. The van der Waals surface area contributed by atoms with Gasteiger partial charge in [0.1, 0.15) is 0 Å². The Hall–Kier alpha value is -0.980. The molecular weight excluding hydrogens is 330 g/mol. The second-order valence-corrected chi connectivity index (χ2v) is 4.33. The van der Waals surface area contributed by atoms with Crippen molar-refractivity contribution in [2.75, 3.05) is 0 Å². The molecule has 2 aromatic rings. The molecule has 0 aliphatic carbocycles. The van der Waals surface area contributed by atoms with Gasteiger partial charge in [-0.1, -0.05) is 30.3 Å². The van der Waals surface area contributed by atoms with Crippen LogP contribution in [-0.2, 0) is 6.18 Å². The van der Waals surface area contributed by atoms with Crippen LogP contribution in [0.25, 0.3) is 11.3 Å². The first-order valence-corrected chi connectivity index (χ1v) is 5.57. The molecule has 0 aliphatic rings. The highest BCUT2D eigenvalue weighted by atomic mass is 127. The maximum Gasteiger partial charge on any atom is 0.418 e. The third-order valence-electron chi connectivity index (χ3n) is 2.18. The molecule has 1 aromatic heterocycles. The zero-order chi connectivity index (χ0) is 11.8. The number of alkyl halides is 3. The molecule has 1 N–H and O–H groups in total. The molecule has 0 spiro atoms. The highest BCUT2D eigenvalue weighted by Crippen LogP contribution is 2.37. The van der Waals surface area contributed by atoms with Crippen LogP contribution < -0.4 is 0 Å². The Labute approximate surface area is 104 Å². The fourth-order valence-electron chi connectivity index (χ4n) is 1.43. The first-order valence-electron chi connectivity index (χ1n) is 4.49. The van der Waals surface area contributed by atoms with Gasteiger partial charge in [0.15, 0.2) is 0 Å². The fraction of sp³-hybridized carbons (Fsp3) is 0.0909. The predicted octanol–water partition coefficient (Wildman–Crippen LogP) is 4.31. The number of nitrogens with one attached hydrogen (secondary N) is 1. The highest BCUT2D eigenvalue weighted by molar-refractivity contribution is 14.1. The molecule has 0 amide bonds. The number of aromatic nitrogens is 1. The molecular formula is C11H7F3IN. The summed E-state index contributed by atoms with van der Waals surface area (Å²) in [6.07, 6.45) is -3.30. The summed E-state index contributed by atoms with van der Waals surface area (Å²) in [6, 6.07) is 8.95. The molecule has 1 nitrogen and oxygen atoms in total. The van der Waals surface area contributed by atoms with Gasteiger partial charge in [0.2, 0.25) is 0 Å². The van der Waals surface area contributed by atoms with Gasteiger partial charge >= 0.3 is 6.18 Å². The summed E-state index contributed by atoms with van der Waals surface area (Å²) < 4.78 is 37.9. The Kier molecular flexibility index (Phi) is 2.96. The highest BCUT2D eigenvalue weighted by Gasteiger charge is 2.35. The average Bonchev–Trinajstić information content (AvgIpc) is 2.61. The largest absolute Gasteiger partial charge is 0.418 e. The topological polar surface area (TPSA) is 15.8 Å². The number of rotatable bonds is 1. The van der Waals surface area contributed by atoms with Crippen LogP contribution >= 0.6 is 22.6 Å². The Morgan fingerprint density at radius 1 is 1.06 bits per heavy atom. The second-order valence-electron chi connectivity index (χ2n) is 3.26. The summed E-state index contributed by atoms with van der Waals surface area (Å²) in [4.78, 5) is 2.67. The number of aromatic amines is 1. The van der Waals surface area contributed by atoms with E-state index in [1.54, 1.807) is 46.9 Å². The van der Waals surface area contributed by atoms with E-state index >= 15 is 0 Å². The van der Waals surface area contributed by atoms with Gasteiger partial charge in [-0.05, 0) is 28.2 Å². The van der Waals surface area contributed by atoms with Gasteiger partial charge < -0.3 is 4.98 Å². The van der Waals surface area contributed by atoms with E-state index in [0.717, 1.165) is 11.8 Å². The van der Waals surface area contributed by atoms with Crippen molar-refractivity contribution in [3.05, 3.63) is 45.7 Å². The lowest BCUT2D eigenvalue weighted by Crippen LogP contribution is -2.04. The van der Waals surface area contributed by atoms with E-state index in [0.29, 0.717) is 5.69 Å². The maximum atomic E-state index is 12.6. The molecule has 1 heterocycles. The number of halogens is 4. The van der Waals surface area contributed by atoms with Crippen molar-refractivity contribution in [3.8, 4) is 11.3 Å². The average molecular weight is 337 g/mol. The van der Waals surface area contributed by atoms with Crippen LogP contribution in [0.5, 0.6) is 0 Å². The normalized spacial score (nSPS) is 11.8. The van der Waals surface area contributed by atoms with Crippen LogP contribution in [0.4, 0.5) is 13.2 Å². The van der Waals surface area contributed by atoms with Crippen molar-refractivity contribution in [2.45, 2.75) is 6.18 Å². The molecule has 0 unspecified atom stereocenters. The third-order valence-corrected chi connectivity index (χ3v) is 3.31. The van der Waals surface area contributed by atoms with E-state index in [-0.39, 0.29) is 3.57 Å². The predicted molar refractivity (Wildman–Crippen MR) is 63.9 cm³/mol. The van der Waals surface area contributed by atoms with E-state index in [1.807, 2.05) is 6.07 Å². The molecule has 0 fully saturated rings. The Morgan fingerprint density at radius 3 is 2.19 bits per heavy atom. The maximum absolute atomic E-state index is 12.6. The lowest BCUT2D eigenvalue weighted by atomic mass is 10.1. The molecule has 2 rings (SSSR count). The van der Waals surface area contributed by atoms with Crippen molar-refractivity contribution in [1.82, 2.24) is 4.98 Å². The minimum atomic E-state index is -4.31. The first-order chi connectivity index (χ1) is 7.50. The minimum Gasteiger partial charge on any atom is -0.360 e. The Bertz CT molecular complexity index is 488. The summed E-state index contributed by atoms with van der Waals surface area (Å²) in [5.74, 6) is 0. The molecule has 0 radical (unpaired) electrons. The van der Waals surface area contributed by atoms with Crippen LogP contribution in [0, 0.1) is 3.57 Å². The van der Waals surface area contributed by atoms with Gasteiger partial charge in [-0.3, -0.25) is 0 Å². The van der Waals surface area contributed by atoms with Crippen LogP contribution in [0.3, 0.4) is 0 Å². The SMILES string of the molecule is FC(F)(F)c1c[nH]c(-c2ccccc2)c1I. The zero-order valence-electron chi connectivity index (χ0n) is 7.98. The van der Waals surface area contributed by atoms with Gasteiger partial charge in [-0.25, -0.2) is 0 Å². The molecule has 5 heteroatoms. The van der Waals surface area contributed by atoms with Crippen LogP contribution in [0.15, 0.2) is 36.5 Å². The van der Waals surface area contributed by atoms with Gasteiger partial charge in [0.25, 0.3) is 0 Å². The lowest BCUT2D eigenvalue weighted by molar-refractivity contribution is -0.138. The van der Waals surface area contributed by atoms with Crippen molar-refractivity contribution in [1.29, 1.82) is 0 Å². The molecule has 0 saturated carbocycles. The van der Waals surface area contributed by atoms with Crippen molar-refractivity contribution in [2.24, 2.45) is 0 Å². The van der Waals surface area contributed by atoms with E-state index in [9.17, 15) is 13.2 Å². The molecule has 0 aliphatic heterocycles. The number of H-pyrrole nitrogens is 1. The standard InChI is InChI=1S/C11H7F3IN/c12-11(13,14)8-6-16-10(9(8)15)7-4-2-1-3-5-7/h1-6,16H. The van der Waals surface area contributed by atoms with Gasteiger partial charge in [-0.15, -0.1) is 0 Å². The minimum absolute atomic E-state index is 0.205. The second kappa shape index (κ2) is 4.12. The summed E-state index contributed by atoms with van der Waals surface area (Å²) in [5.41, 5.74) is 0.642. The molecule has 16 heavy (non-hydrogen) atoms. The summed E-state index contributed by atoms with van der Waals surface area (Å²) in [5, 5.41) is 0. The van der Waals surface area contributed by atoms with Gasteiger partial charge in [0.05, 0.1) is 14.8 Å². The van der Waals surface area contributed by atoms with Crippen molar-refractivity contribution in [3.63, 3.8) is 0 Å². The lowest BCUT2D eigenvalue weighted by Gasteiger charge is -2.04. The fourth-order valence-corrected chi connectivity index (χ4v) is 2.36. The first kappa shape index (κ1) is 11.5. The summed E-state index contributed by atoms with van der Waals surface area (Å²) >= 11 is 1.71. The van der Waals surface area contributed by atoms with E-state index in [4.69, 9.17) is 0 Å². The smallest absolute Gasteiger partial charge is 0.360 e. The Balaban J connectivity index is 2.50. The zero-order valence-corrected chi connectivity index (χ0v) is 10.1. The quantitative estimate of drug-likeness (QED) is 0.747. The van der Waals surface area contributed by atoms with Gasteiger partial charge in [0, 0.05) is 6.20 Å². The molecule has 0 saturated heterocycles. The summed E-state index contributed by atoms with van der Waals surface area (Å²) in [7, 11) is 0. The van der Waals surface area contributed by atoms with Crippen LogP contribution in [0.1, 0.15) is 5.56 Å². The van der Waals surface area contributed by atoms with Crippen LogP contribution in [-0.4, -0.2) is 4.98 Å². The van der Waals surface area contributed by atoms with E-state index < -0.39 is 11.7 Å².